The van der Waals surface area contributed by atoms with Crippen LogP contribution in [0.25, 0.3) is 0 Å². The van der Waals surface area contributed by atoms with Gasteiger partial charge in [0.15, 0.2) is 5.03 Å². The highest BCUT2D eigenvalue weighted by Crippen LogP contribution is 2.23. The molecule has 2 aromatic rings. The van der Waals surface area contributed by atoms with Gasteiger partial charge in [0.05, 0.1) is 6.20 Å². The molecule has 0 aromatic carbocycles. The van der Waals surface area contributed by atoms with Gasteiger partial charge in [0.2, 0.25) is 0 Å². The van der Waals surface area contributed by atoms with E-state index in [1.165, 1.54) is 17.5 Å². The molecule has 6 nitrogen and oxygen atoms in total. The molecule has 0 amide bonds. The Labute approximate surface area is 128 Å². The summed E-state index contributed by atoms with van der Waals surface area (Å²) in [6.07, 6.45) is 1.29. The van der Waals surface area contributed by atoms with Crippen molar-refractivity contribution in [3.8, 4) is 0 Å². The fourth-order valence-corrected chi connectivity index (χ4v) is 3.58. The standard InChI is InChI=1S/C13H19N3O3S2/c1-9(2)12-14-6-11(16-12)21(18,19)15-8-13(3,17)10-4-5-20-7-10/h4-7,9,15,17H,8H2,1-3H3,(H,14,16)/t13-/m0/s1. The topological polar surface area (TPSA) is 95.1 Å². The van der Waals surface area contributed by atoms with Gasteiger partial charge in [-0.2, -0.15) is 11.3 Å². The molecule has 0 radical (unpaired) electrons. The summed E-state index contributed by atoms with van der Waals surface area (Å²) in [5.74, 6) is 0.725. The van der Waals surface area contributed by atoms with Crippen LogP contribution in [0.4, 0.5) is 0 Å². The van der Waals surface area contributed by atoms with Gasteiger partial charge >= 0.3 is 0 Å². The summed E-state index contributed by atoms with van der Waals surface area (Å²) in [5, 5.41) is 14.0. The van der Waals surface area contributed by atoms with Crippen LogP contribution in [0.5, 0.6) is 0 Å². The summed E-state index contributed by atoms with van der Waals surface area (Å²) >= 11 is 1.45. The van der Waals surface area contributed by atoms with Crippen LogP contribution in [0.1, 0.15) is 38.1 Å². The van der Waals surface area contributed by atoms with Crippen LogP contribution < -0.4 is 4.72 Å². The zero-order valence-electron chi connectivity index (χ0n) is 12.1. The number of sulfonamides is 1. The number of rotatable bonds is 6. The molecule has 0 fully saturated rings. The molecule has 0 bridgehead atoms. The van der Waals surface area contributed by atoms with Gasteiger partial charge in [0.1, 0.15) is 11.4 Å². The molecule has 3 N–H and O–H groups in total. The van der Waals surface area contributed by atoms with Gasteiger partial charge in [0.25, 0.3) is 10.0 Å². The van der Waals surface area contributed by atoms with Gasteiger partial charge in [-0.05, 0) is 29.3 Å². The van der Waals surface area contributed by atoms with Crippen LogP contribution in [0.2, 0.25) is 0 Å². The van der Waals surface area contributed by atoms with Crippen molar-refractivity contribution < 1.29 is 13.5 Å². The molecule has 8 heteroatoms. The number of aromatic nitrogens is 2. The highest BCUT2D eigenvalue weighted by atomic mass is 32.2. The molecule has 2 heterocycles. The van der Waals surface area contributed by atoms with Gasteiger partial charge in [-0.15, -0.1) is 0 Å². The van der Waals surface area contributed by atoms with E-state index in [0.717, 1.165) is 0 Å². The lowest BCUT2D eigenvalue weighted by atomic mass is 10.0. The Morgan fingerprint density at radius 1 is 1.52 bits per heavy atom. The summed E-state index contributed by atoms with van der Waals surface area (Å²) in [6, 6.07) is 1.77. The number of nitrogens with one attached hydrogen (secondary N) is 2. The van der Waals surface area contributed by atoms with Gasteiger partial charge in [0, 0.05) is 12.5 Å². The molecule has 0 aliphatic carbocycles. The maximum Gasteiger partial charge on any atom is 0.257 e. The van der Waals surface area contributed by atoms with E-state index in [2.05, 4.69) is 14.7 Å². The van der Waals surface area contributed by atoms with E-state index < -0.39 is 15.6 Å². The minimum absolute atomic E-state index is 0.00678. The molecule has 0 saturated carbocycles. The molecular formula is C13H19N3O3S2. The Morgan fingerprint density at radius 3 is 2.76 bits per heavy atom. The van der Waals surface area contributed by atoms with Gasteiger partial charge < -0.3 is 10.1 Å². The second-order valence-electron chi connectivity index (χ2n) is 5.40. The summed E-state index contributed by atoms with van der Waals surface area (Å²) in [5.41, 5.74) is -0.573. The molecular weight excluding hydrogens is 310 g/mol. The Morgan fingerprint density at radius 2 is 2.24 bits per heavy atom. The Hall–Kier alpha value is -1.22. The van der Waals surface area contributed by atoms with Crippen molar-refractivity contribution in [2.45, 2.75) is 37.3 Å². The molecule has 2 aromatic heterocycles. The summed E-state index contributed by atoms with van der Waals surface area (Å²) < 4.78 is 26.8. The molecule has 21 heavy (non-hydrogen) atoms. The first-order valence-electron chi connectivity index (χ1n) is 6.52. The smallest absolute Gasteiger partial charge is 0.257 e. The van der Waals surface area contributed by atoms with Crippen molar-refractivity contribution in [2.24, 2.45) is 0 Å². The van der Waals surface area contributed by atoms with Gasteiger partial charge in [-0.25, -0.2) is 18.1 Å². The molecule has 0 saturated heterocycles. The fraction of sp³-hybridized carbons (Fsp3) is 0.462. The largest absolute Gasteiger partial charge is 0.384 e. The normalized spacial score (nSPS) is 15.3. The Bertz CT molecular complexity index is 688. The van der Waals surface area contributed by atoms with E-state index in [-0.39, 0.29) is 17.5 Å². The molecule has 1 atom stereocenters. The third-order valence-corrected chi connectivity index (χ3v) is 5.15. The summed E-state index contributed by atoms with van der Waals surface area (Å²) in [4.78, 5) is 6.82. The second-order valence-corrected chi connectivity index (χ2v) is 7.91. The van der Waals surface area contributed by atoms with Crippen LogP contribution in [0.15, 0.2) is 28.0 Å². The van der Waals surface area contributed by atoms with Crippen LogP contribution in [0.3, 0.4) is 0 Å². The Balaban J connectivity index is 2.11. The quantitative estimate of drug-likeness (QED) is 0.753. The zero-order chi connectivity index (χ0) is 15.7. The number of nitrogens with zero attached hydrogens (tertiary/aromatic N) is 1. The van der Waals surface area contributed by atoms with Crippen LogP contribution >= 0.6 is 11.3 Å². The van der Waals surface area contributed by atoms with Crippen molar-refractivity contribution in [3.63, 3.8) is 0 Å². The molecule has 0 aliphatic rings. The van der Waals surface area contributed by atoms with Crippen molar-refractivity contribution in [1.29, 1.82) is 0 Å². The predicted octanol–water partition coefficient (Wildman–Crippen LogP) is 1.78. The average molecular weight is 329 g/mol. The number of H-pyrrole nitrogens is 1. The van der Waals surface area contributed by atoms with Crippen molar-refractivity contribution >= 4 is 21.4 Å². The molecule has 0 spiro atoms. The van der Waals surface area contributed by atoms with Crippen LogP contribution in [-0.4, -0.2) is 30.0 Å². The van der Waals surface area contributed by atoms with Crippen molar-refractivity contribution in [3.05, 3.63) is 34.4 Å². The number of aromatic amines is 1. The van der Waals surface area contributed by atoms with Crippen LogP contribution in [-0.2, 0) is 15.6 Å². The predicted molar refractivity (Wildman–Crippen MR) is 81.8 cm³/mol. The number of aliphatic hydroxyl groups is 1. The first kappa shape index (κ1) is 16.2. The minimum Gasteiger partial charge on any atom is -0.384 e. The second kappa shape index (κ2) is 5.88. The molecule has 0 aliphatic heterocycles. The monoisotopic (exact) mass is 329 g/mol. The van der Waals surface area contributed by atoms with Gasteiger partial charge in [-0.1, -0.05) is 13.8 Å². The molecule has 116 valence electrons. The highest BCUT2D eigenvalue weighted by Gasteiger charge is 2.27. The van der Waals surface area contributed by atoms with E-state index in [1.807, 2.05) is 19.2 Å². The van der Waals surface area contributed by atoms with E-state index in [4.69, 9.17) is 0 Å². The van der Waals surface area contributed by atoms with E-state index in [0.29, 0.717) is 11.4 Å². The fourth-order valence-electron chi connectivity index (χ4n) is 1.74. The lowest BCUT2D eigenvalue weighted by molar-refractivity contribution is 0.0632. The maximum absolute atomic E-state index is 12.2. The average Bonchev–Trinajstić information content (AvgIpc) is 3.07. The van der Waals surface area contributed by atoms with Gasteiger partial charge in [-0.3, -0.25) is 0 Å². The third kappa shape index (κ3) is 3.70. The Kier molecular flexibility index (Phi) is 4.52. The lowest BCUT2D eigenvalue weighted by Crippen LogP contribution is -2.38. The minimum atomic E-state index is -3.72. The van der Waals surface area contributed by atoms with Crippen molar-refractivity contribution in [2.75, 3.05) is 6.54 Å². The number of thiophene rings is 1. The first-order valence-corrected chi connectivity index (χ1v) is 8.94. The maximum atomic E-state index is 12.2. The van der Waals surface area contributed by atoms with E-state index in [9.17, 15) is 13.5 Å². The third-order valence-electron chi connectivity index (χ3n) is 3.16. The SMILES string of the molecule is CC(C)c1ncc(S(=O)(=O)NC[C@](C)(O)c2ccsc2)[nH]1. The number of hydrogen-bond donors (Lipinski definition) is 3. The first-order chi connectivity index (χ1) is 9.72. The zero-order valence-corrected chi connectivity index (χ0v) is 13.8. The van der Waals surface area contributed by atoms with E-state index in [1.54, 1.807) is 18.4 Å². The van der Waals surface area contributed by atoms with Crippen molar-refractivity contribution in [1.82, 2.24) is 14.7 Å². The van der Waals surface area contributed by atoms with Crippen LogP contribution in [0, 0.1) is 0 Å². The highest BCUT2D eigenvalue weighted by molar-refractivity contribution is 7.89. The number of hydrogen-bond acceptors (Lipinski definition) is 5. The summed E-state index contributed by atoms with van der Waals surface area (Å²) in [6.45, 7) is 5.31. The molecule has 2 rings (SSSR count). The number of imidazole rings is 1. The molecule has 0 unspecified atom stereocenters. The lowest BCUT2D eigenvalue weighted by Gasteiger charge is -2.22. The summed E-state index contributed by atoms with van der Waals surface area (Å²) in [7, 11) is -3.72. The van der Waals surface area contributed by atoms with E-state index >= 15 is 0 Å².